The van der Waals surface area contributed by atoms with Crippen molar-refractivity contribution in [2.45, 2.75) is 45.4 Å². The minimum atomic E-state index is -0.282. The number of hydrogen-bond acceptors (Lipinski definition) is 4. The number of hydrogen-bond donors (Lipinski definition) is 1. The molecule has 3 atom stereocenters. The van der Waals surface area contributed by atoms with Gasteiger partial charge in [-0.1, -0.05) is 78.9 Å². The lowest BCUT2D eigenvalue weighted by Gasteiger charge is -2.44. The highest BCUT2D eigenvalue weighted by atomic mass is 16.1. The first kappa shape index (κ1) is 27.5. The Bertz CT molecular complexity index is 1190. The average Bonchev–Trinajstić information content (AvgIpc) is 2.99. The van der Waals surface area contributed by atoms with Gasteiger partial charge >= 0.3 is 0 Å². The Morgan fingerprint density at radius 3 is 2.00 bits per heavy atom. The van der Waals surface area contributed by atoms with Gasteiger partial charge in [0.15, 0.2) is 11.6 Å². The van der Waals surface area contributed by atoms with Crippen LogP contribution in [0.2, 0.25) is 0 Å². The molecule has 4 nitrogen and oxygen atoms in total. The van der Waals surface area contributed by atoms with Crippen molar-refractivity contribution in [3.8, 4) is 0 Å². The van der Waals surface area contributed by atoms with Crippen molar-refractivity contribution in [2.24, 2.45) is 17.8 Å². The Kier molecular flexibility index (Phi) is 9.06. The molecular weight excluding hydrogens is 480 g/mol. The summed E-state index contributed by atoms with van der Waals surface area (Å²) in [5.74, 6) is 0.298. The fourth-order valence-corrected chi connectivity index (χ4v) is 6.79. The van der Waals surface area contributed by atoms with Crippen LogP contribution in [-0.4, -0.2) is 49.2 Å². The van der Waals surface area contributed by atoms with Gasteiger partial charge in [-0.15, -0.1) is 0 Å². The van der Waals surface area contributed by atoms with E-state index < -0.39 is 0 Å². The number of rotatable bonds is 9. The third-order valence-corrected chi connectivity index (χ3v) is 9.06. The maximum atomic E-state index is 14.2. The van der Waals surface area contributed by atoms with Crippen molar-refractivity contribution in [1.29, 1.82) is 0 Å². The molecule has 3 aromatic carbocycles. The molecule has 4 heteroatoms. The molecule has 2 saturated heterocycles. The van der Waals surface area contributed by atoms with E-state index in [0.717, 1.165) is 48.7 Å². The van der Waals surface area contributed by atoms with Gasteiger partial charge in [-0.3, -0.25) is 9.59 Å². The number of likely N-dealkylation sites (tertiary alicyclic amines) is 1. The van der Waals surface area contributed by atoms with Crippen molar-refractivity contribution in [1.82, 2.24) is 10.2 Å². The molecule has 0 spiro atoms. The molecule has 3 aromatic rings. The van der Waals surface area contributed by atoms with Gasteiger partial charge in [0.05, 0.1) is 0 Å². The van der Waals surface area contributed by atoms with Gasteiger partial charge in [0.25, 0.3) is 0 Å². The number of carbonyl (C=O) groups is 2. The van der Waals surface area contributed by atoms with E-state index in [1.54, 1.807) is 0 Å². The lowest BCUT2D eigenvalue weighted by atomic mass is 9.67. The summed E-state index contributed by atoms with van der Waals surface area (Å²) in [6.45, 7) is 8.81. The van der Waals surface area contributed by atoms with E-state index in [-0.39, 0.29) is 29.3 Å². The van der Waals surface area contributed by atoms with Crippen LogP contribution in [0.25, 0.3) is 0 Å². The Labute approximate surface area is 233 Å². The molecule has 0 aliphatic carbocycles. The van der Waals surface area contributed by atoms with E-state index >= 15 is 0 Å². The van der Waals surface area contributed by atoms with E-state index in [2.05, 4.69) is 42.3 Å². The number of ketones is 2. The number of benzene rings is 3. The predicted molar refractivity (Wildman–Crippen MR) is 158 cm³/mol. The third kappa shape index (κ3) is 6.40. The van der Waals surface area contributed by atoms with Gasteiger partial charge < -0.3 is 10.2 Å². The maximum Gasteiger partial charge on any atom is 0.167 e. The van der Waals surface area contributed by atoms with E-state index in [0.29, 0.717) is 13.1 Å². The van der Waals surface area contributed by atoms with Gasteiger partial charge in [-0.05, 0) is 81.8 Å². The summed E-state index contributed by atoms with van der Waals surface area (Å²) in [6.07, 6.45) is 4.84. The van der Waals surface area contributed by atoms with Crippen LogP contribution in [0, 0.1) is 31.6 Å². The lowest BCUT2D eigenvalue weighted by molar-refractivity contribution is 0.0565. The molecular formula is C35H42N2O2. The second-order valence-corrected chi connectivity index (χ2v) is 11.6. The molecule has 2 heterocycles. The largest absolute Gasteiger partial charge is 0.316 e. The number of piperidine rings is 2. The standard InChI is InChI=1S/C35H42N2O2/c1-25-12-9-19-30(26(25)2)33-31(34(38)28-15-5-3-6-16-28)23-37(21-11-14-27-13-10-20-36-22-27)24-32(33)35(39)29-17-7-4-8-18-29/h3-9,12,15-19,27,31-33,36H,10-11,13-14,20-24H2,1-2H3/t27?,31-,32-/m0/s1. The van der Waals surface area contributed by atoms with E-state index in [1.807, 2.05) is 60.7 Å². The van der Waals surface area contributed by atoms with E-state index in [1.165, 1.54) is 30.4 Å². The molecule has 1 unspecified atom stereocenters. The molecule has 5 rings (SSSR count). The minimum absolute atomic E-state index is 0.147. The Hall–Kier alpha value is -3.08. The molecule has 0 bridgehead atoms. The summed E-state index contributed by atoms with van der Waals surface area (Å²) >= 11 is 0. The Morgan fingerprint density at radius 2 is 1.44 bits per heavy atom. The summed E-state index contributed by atoms with van der Waals surface area (Å²) < 4.78 is 0. The first-order valence-electron chi connectivity index (χ1n) is 14.7. The summed E-state index contributed by atoms with van der Waals surface area (Å²) in [7, 11) is 0. The maximum absolute atomic E-state index is 14.2. The summed E-state index contributed by atoms with van der Waals surface area (Å²) in [5.41, 5.74) is 5.01. The van der Waals surface area contributed by atoms with Crippen LogP contribution in [0.15, 0.2) is 78.9 Å². The first-order chi connectivity index (χ1) is 19.0. The molecule has 2 fully saturated rings. The minimum Gasteiger partial charge on any atom is -0.316 e. The van der Waals surface area contributed by atoms with E-state index in [9.17, 15) is 9.59 Å². The molecule has 2 aliphatic heterocycles. The van der Waals surface area contributed by atoms with Crippen LogP contribution in [-0.2, 0) is 0 Å². The highest BCUT2D eigenvalue weighted by Crippen LogP contribution is 2.42. The molecule has 2 aliphatic rings. The number of aryl methyl sites for hydroxylation is 1. The highest BCUT2D eigenvalue weighted by Gasteiger charge is 2.45. The molecule has 1 N–H and O–H groups in total. The molecule has 204 valence electrons. The highest BCUT2D eigenvalue weighted by molar-refractivity contribution is 6.02. The third-order valence-electron chi connectivity index (χ3n) is 9.06. The van der Waals surface area contributed by atoms with Gasteiger partial charge in [-0.2, -0.15) is 0 Å². The monoisotopic (exact) mass is 522 g/mol. The quantitative estimate of drug-likeness (QED) is 0.327. The van der Waals surface area contributed by atoms with E-state index in [4.69, 9.17) is 0 Å². The molecule has 39 heavy (non-hydrogen) atoms. The zero-order valence-electron chi connectivity index (χ0n) is 23.4. The topological polar surface area (TPSA) is 49.4 Å². The van der Waals surface area contributed by atoms with Crippen LogP contribution >= 0.6 is 0 Å². The fourth-order valence-electron chi connectivity index (χ4n) is 6.79. The second kappa shape index (κ2) is 12.8. The second-order valence-electron chi connectivity index (χ2n) is 11.6. The zero-order chi connectivity index (χ0) is 27.2. The summed E-state index contributed by atoms with van der Waals surface area (Å²) in [6, 6.07) is 25.7. The van der Waals surface area contributed by atoms with Crippen LogP contribution in [0.5, 0.6) is 0 Å². The lowest BCUT2D eigenvalue weighted by Crippen LogP contribution is -2.50. The smallest absolute Gasteiger partial charge is 0.167 e. The molecule has 0 saturated carbocycles. The number of carbonyl (C=O) groups excluding carboxylic acids is 2. The van der Waals surface area contributed by atoms with Crippen molar-refractivity contribution >= 4 is 11.6 Å². The SMILES string of the molecule is Cc1cccc(C2[C@@H](C(=O)c3ccccc3)CN(CCCC3CCCNC3)C[C@@H]2C(=O)c2ccccc2)c1C. The number of nitrogens with zero attached hydrogens (tertiary/aromatic N) is 1. The first-order valence-corrected chi connectivity index (χ1v) is 14.7. The van der Waals surface area contributed by atoms with Crippen molar-refractivity contribution in [3.63, 3.8) is 0 Å². The van der Waals surface area contributed by atoms with Gasteiger partial charge in [0, 0.05) is 42.0 Å². The number of nitrogens with one attached hydrogen (secondary N) is 1. The van der Waals surface area contributed by atoms with Crippen molar-refractivity contribution < 1.29 is 9.59 Å². The van der Waals surface area contributed by atoms with Gasteiger partial charge in [0.2, 0.25) is 0 Å². The van der Waals surface area contributed by atoms with Crippen molar-refractivity contribution in [2.75, 3.05) is 32.7 Å². The molecule has 0 aromatic heterocycles. The van der Waals surface area contributed by atoms with Gasteiger partial charge in [0.1, 0.15) is 0 Å². The Balaban J connectivity index is 1.50. The molecule has 0 amide bonds. The molecule has 0 radical (unpaired) electrons. The summed E-state index contributed by atoms with van der Waals surface area (Å²) in [4.78, 5) is 30.8. The van der Waals surface area contributed by atoms with Gasteiger partial charge in [-0.25, -0.2) is 0 Å². The number of Topliss-reactive ketones (excluding diaryl/α,β-unsaturated/α-hetero) is 2. The van der Waals surface area contributed by atoms with Crippen molar-refractivity contribution in [3.05, 3.63) is 107 Å². The van der Waals surface area contributed by atoms with Crippen LogP contribution in [0.4, 0.5) is 0 Å². The zero-order valence-corrected chi connectivity index (χ0v) is 23.4. The predicted octanol–water partition coefficient (Wildman–Crippen LogP) is 6.48. The van der Waals surface area contributed by atoms with Crippen LogP contribution < -0.4 is 5.32 Å². The average molecular weight is 523 g/mol. The fraction of sp³-hybridized carbons (Fsp3) is 0.429. The summed E-state index contributed by atoms with van der Waals surface area (Å²) in [5, 5.41) is 3.53. The van der Waals surface area contributed by atoms with Crippen LogP contribution in [0.1, 0.15) is 69.0 Å². The normalized spacial score (nSPS) is 22.5. The van der Waals surface area contributed by atoms with Crippen LogP contribution in [0.3, 0.4) is 0 Å². The Morgan fingerprint density at radius 1 is 0.821 bits per heavy atom.